The zero-order valence-corrected chi connectivity index (χ0v) is 28.1. The Morgan fingerprint density at radius 1 is 1.06 bits per heavy atom. The summed E-state index contributed by atoms with van der Waals surface area (Å²) in [5.41, 5.74) is 1.18. The van der Waals surface area contributed by atoms with Crippen molar-refractivity contribution in [2.45, 2.75) is 66.0 Å². The predicted octanol–water partition coefficient (Wildman–Crippen LogP) is 5.13. The smallest absolute Gasteiger partial charge is 0.326 e. The van der Waals surface area contributed by atoms with Gasteiger partial charge in [-0.3, -0.25) is 14.6 Å². The van der Waals surface area contributed by atoms with Crippen molar-refractivity contribution in [1.29, 1.82) is 5.26 Å². The van der Waals surface area contributed by atoms with Crippen LogP contribution in [-0.4, -0.2) is 69.7 Å². The van der Waals surface area contributed by atoms with Crippen molar-refractivity contribution in [3.05, 3.63) is 87.7 Å². The normalized spacial score (nSPS) is 19.2. The summed E-state index contributed by atoms with van der Waals surface area (Å²) in [5, 5.41) is 25.0. The average molecular weight is 717 g/mol. The fourth-order valence-electron chi connectivity index (χ4n) is 5.78. The number of carboxylic acids is 1. The number of nitriles is 1. The summed E-state index contributed by atoms with van der Waals surface area (Å²) >= 11 is 13.8. The van der Waals surface area contributed by atoms with Crippen LogP contribution < -0.4 is 10.6 Å². The number of benzene rings is 2. The Balaban J connectivity index is 1.30. The molecular weight excluding hydrogens is 685 g/mol. The number of pyridine rings is 1. The van der Waals surface area contributed by atoms with Crippen molar-refractivity contribution in [3.63, 3.8) is 0 Å². The van der Waals surface area contributed by atoms with Crippen LogP contribution in [-0.2, 0) is 26.0 Å². The fraction of sp³-hybridized carbons (Fsp3) is 0.344. The number of thioether (sulfide) groups is 1. The van der Waals surface area contributed by atoms with Gasteiger partial charge in [-0.25, -0.2) is 13.2 Å². The average Bonchev–Trinajstić information content (AvgIpc) is 3.72. The molecule has 1 aliphatic heterocycles. The molecule has 1 saturated heterocycles. The van der Waals surface area contributed by atoms with Crippen molar-refractivity contribution in [2.24, 2.45) is 0 Å². The van der Waals surface area contributed by atoms with E-state index in [1.165, 1.54) is 36.7 Å². The Morgan fingerprint density at radius 2 is 1.74 bits per heavy atom. The van der Waals surface area contributed by atoms with E-state index in [2.05, 4.69) is 15.6 Å². The molecule has 3 atom stereocenters. The molecule has 1 aliphatic carbocycles. The van der Waals surface area contributed by atoms with Crippen LogP contribution >= 0.6 is 35.0 Å². The molecule has 47 heavy (non-hydrogen) atoms. The van der Waals surface area contributed by atoms with Crippen molar-refractivity contribution >= 4 is 68.5 Å². The molecule has 2 fully saturated rings. The van der Waals surface area contributed by atoms with Crippen LogP contribution in [0.1, 0.15) is 53.6 Å². The number of aliphatic carboxylic acids is 1. The first kappa shape index (κ1) is 34.7. The molecule has 11 nitrogen and oxygen atoms in total. The highest BCUT2D eigenvalue weighted by atomic mass is 35.5. The number of sulfonamides is 1. The van der Waals surface area contributed by atoms with E-state index >= 15 is 0 Å². The Kier molecular flexibility index (Phi) is 11.1. The number of anilines is 1. The molecule has 3 aromatic rings. The molecule has 0 bridgehead atoms. The molecule has 2 amide bonds. The lowest BCUT2D eigenvalue weighted by Crippen LogP contribution is -2.51. The van der Waals surface area contributed by atoms with E-state index in [9.17, 15) is 33.2 Å². The summed E-state index contributed by atoms with van der Waals surface area (Å²) < 4.78 is 28.8. The van der Waals surface area contributed by atoms with Gasteiger partial charge in [0.1, 0.15) is 12.1 Å². The van der Waals surface area contributed by atoms with Gasteiger partial charge in [0, 0.05) is 41.5 Å². The Hall–Kier alpha value is -3.67. The van der Waals surface area contributed by atoms with E-state index < -0.39 is 39.9 Å². The molecule has 1 aromatic heterocycles. The minimum atomic E-state index is -4.18. The lowest BCUT2D eigenvalue weighted by atomic mass is 10.0. The Bertz CT molecular complexity index is 1790. The second kappa shape index (κ2) is 15.0. The first-order chi connectivity index (χ1) is 22.5. The number of hydrogen-bond donors (Lipinski definition) is 3. The van der Waals surface area contributed by atoms with E-state index in [4.69, 9.17) is 23.2 Å². The maximum absolute atomic E-state index is 13.8. The lowest BCUT2D eigenvalue weighted by Gasteiger charge is -2.25. The van der Waals surface area contributed by atoms with Gasteiger partial charge < -0.3 is 15.7 Å². The number of carboxylic acid groups (broad SMARTS) is 1. The summed E-state index contributed by atoms with van der Waals surface area (Å²) in [7, 11) is -4.18. The van der Waals surface area contributed by atoms with Gasteiger partial charge in [0.2, 0.25) is 15.9 Å². The summed E-state index contributed by atoms with van der Waals surface area (Å²) in [6.45, 7) is 0.0964. The van der Waals surface area contributed by atoms with Crippen LogP contribution in [0.2, 0.25) is 10.0 Å². The first-order valence-corrected chi connectivity index (χ1v) is 18.0. The molecule has 2 heterocycles. The van der Waals surface area contributed by atoms with E-state index in [0.717, 1.165) is 30.0 Å². The summed E-state index contributed by atoms with van der Waals surface area (Å²) in [5.74, 6) is -2.55. The number of halogens is 2. The van der Waals surface area contributed by atoms with Gasteiger partial charge in [-0.1, -0.05) is 54.2 Å². The third-order valence-corrected chi connectivity index (χ3v) is 12.2. The van der Waals surface area contributed by atoms with Crippen molar-refractivity contribution in [3.8, 4) is 6.07 Å². The highest BCUT2D eigenvalue weighted by molar-refractivity contribution is 8.00. The van der Waals surface area contributed by atoms with Crippen LogP contribution in [0.25, 0.3) is 0 Å². The molecule has 2 aliphatic rings. The highest BCUT2D eigenvalue weighted by Gasteiger charge is 2.45. The van der Waals surface area contributed by atoms with Crippen LogP contribution in [0.3, 0.4) is 0 Å². The zero-order chi connectivity index (χ0) is 33.7. The monoisotopic (exact) mass is 715 g/mol. The van der Waals surface area contributed by atoms with Gasteiger partial charge in [0.15, 0.2) is 0 Å². The number of carbonyl (C=O) groups is 3. The first-order valence-electron chi connectivity index (χ1n) is 14.9. The minimum Gasteiger partial charge on any atom is -0.480 e. The number of rotatable bonds is 11. The van der Waals surface area contributed by atoms with Crippen LogP contribution in [0.15, 0.2) is 65.8 Å². The number of amides is 2. The molecular formula is C32H31Cl2N5O6S2. The second-order valence-corrected chi connectivity index (χ2v) is 15.7. The van der Waals surface area contributed by atoms with Gasteiger partial charge in [-0.05, 0) is 55.2 Å². The lowest BCUT2D eigenvalue weighted by molar-refractivity contribution is -0.142. The van der Waals surface area contributed by atoms with Crippen LogP contribution in [0, 0.1) is 11.3 Å². The third-order valence-electron chi connectivity index (χ3n) is 8.12. The van der Waals surface area contributed by atoms with Crippen molar-refractivity contribution in [1.82, 2.24) is 14.6 Å². The minimum absolute atomic E-state index is 0.0608. The highest BCUT2D eigenvalue weighted by Crippen LogP contribution is 2.39. The topological polar surface area (TPSA) is 170 Å². The second-order valence-electron chi connectivity index (χ2n) is 11.4. The Morgan fingerprint density at radius 3 is 2.38 bits per heavy atom. The molecule has 0 radical (unpaired) electrons. The van der Waals surface area contributed by atoms with Crippen molar-refractivity contribution in [2.75, 3.05) is 11.9 Å². The molecule has 1 saturated carbocycles. The largest absolute Gasteiger partial charge is 0.480 e. The Labute approximate surface area is 286 Å². The number of nitrogens with one attached hydrogen (secondary N) is 2. The predicted molar refractivity (Wildman–Crippen MR) is 179 cm³/mol. The molecule has 5 rings (SSSR count). The van der Waals surface area contributed by atoms with E-state index in [1.807, 2.05) is 6.07 Å². The standard InChI is InChI=1S/C32H31Cl2N5O6S2/c33-25-16-36-17-26(34)29(25)31(41)37-21-10-8-19(9-11-21)13-27(32(42)43)38-30(40)28-14-23(46-22-5-1-2-6-22)18-39(28)47(44,45)24-7-3-4-20(12-24)15-35/h3-4,7-12,16-17,22-23,27-28H,1-2,5-6,13-14,18H2,(H,37,41)(H,38,40)(H,42,43)/t23-,27+,28+/m1/s1. The SMILES string of the molecule is N#Cc1cccc(S(=O)(=O)N2C[C@H](SC3CCCC3)C[C@H]2C(=O)N[C@@H](Cc2ccc(NC(=O)c3c(Cl)cncc3Cl)cc2)C(=O)O)c1. The van der Waals surface area contributed by atoms with Crippen LogP contribution in [0.5, 0.6) is 0 Å². The molecule has 246 valence electrons. The maximum atomic E-state index is 13.8. The van der Waals surface area contributed by atoms with E-state index in [-0.39, 0.29) is 50.7 Å². The fourth-order valence-corrected chi connectivity index (χ4v) is 9.79. The number of nitrogens with zero attached hydrogens (tertiary/aromatic N) is 3. The summed E-state index contributed by atoms with van der Waals surface area (Å²) in [6.07, 6.45) is 7.02. The van der Waals surface area contributed by atoms with Crippen molar-refractivity contribution < 1.29 is 27.9 Å². The van der Waals surface area contributed by atoms with Gasteiger partial charge >= 0.3 is 5.97 Å². The maximum Gasteiger partial charge on any atom is 0.326 e. The van der Waals surface area contributed by atoms with E-state index in [0.29, 0.717) is 16.5 Å². The van der Waals surface area contributed by atoms with Crippen LogP contribution in [0.4, 0.5) is 5.69 Å². The molecule has 15 heteroatoms. The quantitative estimate of drug-likeness (QED) is 0.244. The molecule has 0 spiro atoms. The number of hydrogen-bond acceptors (Lipinski definition) is 8. The number of aromatic nitrogens is 1. The zero-order valence-electron chi connectivity index (χ0n) is 24.9. The molecule has 0 unspecified atom stereocenters. The molecule has 3 N–H and O–H groups in total. The molecule has 2 aromatic carbocycles. The van der Waals surface area contributed by atoms with Gasteiger partial charge in [-0.2, -0.15) is 21.3 Å². The van der Waals surface area contributed by atoms with Gasteiger partial charge in [0.25, 0.3) is 5.91 Å². The number of carbonyl (C=O) groups excluding carboxylic acids is 2. The van der Waals surface area contributed by atoms with Gasteiger partial charge in [-0.15, -0.1) is 0 Å². The third kappa shape index (κ3) is 8.25. The summed E-state index contributed by atoms with van der Waals surface area (Å²) in [6, 6.07) is 11.4. The van der Waals surface area contributed by atoms with E-state index in [1.54, 1.807) is 36.0 Å². The summed E-state index contributed by atoms with van der Waals surface area (Å²) in [4.78, 5) is 42.4. The van der Waals surface area contributed by atoms with Gasteiger partial charge in [0.05, 0.1) is 32.1 Å².